The van der Waals surface area contributed by atoms with E-state index in [1.165, 1.54) is 36.8 Å². The molecule has 2 heterocycles. The fourth-order valence-corrected chi connectivity index (χ4v) is 3.50. The Labute approximate surface area is 130 Å². The van der Waals surface area contributed by atoms with Crippen LogP contribution in [0.3, 0.4) is 0 Å². The minimum atomic E-state index is 0.293. The number of piperazine rings is 1. The van der Waals surface area contributed by atoms with Gasteiger partial charge in [0.15, 0.2) is 0 Å². The molecular weight excluding hydrogens is 258 g/mol. The Morgan fingerprint density at radius 2 is 2.05 bits per heavy atom. The molecule has 21 heavy (non-hydrogen) atoms. The van der Waals surface area contributed by atoms with Gasteiger partial charge < -0.3 is 5.32 Å². The van der Waals surface area contributed by atoms with Crippen molar-refractivity contribution in [2.75, 3.05) is 13.1 Å². The van der Waals surface area contributed by atoms with Gasteiger partial charge in [-0.1, -0.05) is 33.3 Å². The molecular formula is C18H31N3. The Morgan fingerprint density at radius 1 is 1.29 bits per heavy atom. The fourth-order valence-electron chi connectivity index (χ4n) is 3.50. The number of rotatable bonds is 6. The SMILES string of the molecule is CCCC1CNC(CC)(CC)CN1Cc1cncc(C)c1. The fraction of sp³-hybridized carbons (Fsp3) is 0.722. The van der Waals surface area contributed by atoms with Crippen LogP contribution in [-0.4, -0.2) is 34.6 Å². The Hall–Kier alpha value is -0.930. The highest BCUT2D eigenvalue weighted by Crippen LogP contribution is 2.26. The number of hydrogen-bond donors (Lipinski definition) is 1. The van der Waals surface area contributed by atoms with Crippen LogP contribution in [0, 0.1) is 6.92 Å². The summed E-state index contributed by atoms with van der Waals surface area (Å²) < 4.78 is 0. The topological polar surface area (TPSA) is 28.2 Å². The molecule has 1 N–H and O–H groups in total. The molecule has 1 aromatic heterocycles. The normalized spacial score (nSPS) is 22.4. The summed E-state index contributed by atoms with van der Waals surface area (Å²) in [5.74, 6) is 0. The van der Waals surface area contributed by atoms with E-state index in [9.17, 15) is 0 Å². The van der Waals surface area contributed by atoms with E-state index in [0.717, 1.165) is 19.6 Å². The first kappa shape index (κ1) is 16.4. The van der Waals surface area contributed by atoms with Crippen molar-refractivity contribution in [3.05, 3.63) is 29.6 Å². The number of pyridine rings is 1. The van der Waals surface area contributed by atoms with Gasteiger partial charge in [0.25, 0.3) is 0 Å². The lowest BCUT2D eigenvalue weighted by Gasteiger charge is -2.47. The van der Waals surface area contributed by atoms with E-state index >= 15 is 0 Å². The van der Waals surface area contributed by atoms with Gasteiger partial charge in [-0.2, -0.15) is 0 Å². The maximum Gasteiger partial charge on any atom is 0.0313 e. The van der Waals surface area contributed by atoms with Crippen molar-refractivity contribution >= 4 is 0 Å². The van der Waals surface area contributed by atoms with Gasteiger partial charge in [0.05, 0.1) is 0 Å². The van der Waals surface area contributed by atoms with Gasteiger partial charge in [-0.15, -0.1) is 0 Å². The van der Waals surface area contributed by atoms with Crippen LogP contribution in [0.15, 0.2) is 18.5 Å². The average molecular weight is 289 g/mol. The van der Waals surface area contributed by atoms with Gasteiger partial charge in [-0.05, 0) is 37.3 Å². The van der Waals surface area contributed by atoms with Crippen molar-refractivity contribution in [1.82, 2.24) is 15.2 Å². The summed E-state index contributed by atoms with van der Waals surface area (Å²) in [6, 6.07) is 2.93. The Balaban J connectivity index is 2.13. The number of nitrogens with zero attached hydrogens (tertiary/aromatic N) is 2. The van der Waals surface area contributed by atoms with Crippen LogP contribution in [0.25, 0.3) is 0 Å². The molecule has 0 amide bonds. The van der Waals surface area contributed by atoms with E-state index < -0.39 is 0 Å². The van der Waals surface area contributed by atoms with Crippen molar-refractivity contribution in [2.45, 2.75) is 71.5 Å². The molecule has 3 heteroatoms. The Morgan fingerprint density at radius 3 is 2.67 bits per heavy atom. The second-order valence-corrected chi connectivity index (χ2v) is 6.59. The summed E-state index contributed by atoms with van der Waals surface area (Å²) in [5, 5.41) is 3.84. The molecule has 0 spiro atoms. The van der Waals surface area contributed by atoms with Crippen molar-refractivity contribution in [3.63, 3.8) is 0 Å². The molecule has 118 valence electrons. The van der Waals surface area contributed by atoms with Gasteiger partial charge in [-0.25, -0.2) is 0 Å². The second-order valence-electron chi connectivity index (χ2n) is 6.59. The third-order valence-corrected chi connectivity index (χ3v) is 5.03. The standard InChI is InChI=1S/C18H31N3/c1-5-8-17-12-20-18(6-2,7-3)14-21(17)13-16-9-15(4)10-19-11-16/h9-11,17,20H,5-8,12-14H2,1-4H3. The summed E-state index contributed by atoms with van der Waals surface area (Å²) in [4.78, 5) is 7.04. The molecule has 1 aliphatic heterocycles. The molecule has 1 unspecified atom stereocenters. The molecule has 3 nitrogen and oxygen atoms in total. The highest BCUT2D eigenvalue weighted by Gasteiger charge is 2.36. The largest absolute Gasteiger partial charge is 0.308 e. The molecule has 0 aliphatic carbocycles. The summed E-state index contributed by atoms with van der Waals surface area (Å²) in [6.45, 7) is 12.3. The van der Waals surface area contributed by atoms with E-state index in [1.807, 2.05) is 12.4 Å². The average Bonchev–Trinajstić information content (AvgIpc) is 2.49. The highest BCUT2D eigenvalue weighted by atomic mass is 15.3. The zero-order valence-corrected chi connectivity index (χ0v) is 14.2. The van der Waals surface area contributed by atoms with Gasteiger partial charge in [0.2, 0.25) is 0 Å². The van der Waals surface area contributed by atoms with E-state index in [0.29, 0.717) is 11.6 Å². The zero-order valence-electron chi connectivity index (χ0n) is 14.2. The molecule has 0 radical (unpaired) electrons. The predicted octanol–water partition coefficient (Wildman–Crippen LogP) is 3.52. The van der Waals surface area contributed by atoms with E-state index in [-0.39, 0.29) is 0 Å². The van der Waals surface area contributed by atoms with Crippen molar-refractivity contribution < 1.29 is 0 Å². The van der Waals surface area contributed by atoms with Gasteiger partial charge in [-0.3, -0.25) is 9.88 Å². The minimum Gasteiger partial charge on any atom is -0.308 e. The molecule has 1 saturated heterocycles. The molecule has 1 aromatic rings. The van der Waals surface area contributed by atoms with Crippen LogP contribution < -0.4 is 5.32 Å². The van der Waals surface area contributed by atoms with Gasteiger partial charge >= 0.3 is 0 Å². The molecule has 1 aliphatic rings. The van der Waals surface area contributed by atoms with Crippen LogP contribution in [0.4, 0.5) is 0 Å². The second kappa shape index (κ2) is 7.37. The Bertz CT molecular complexity index is 440. The third kappa shape index (κ3) is 4.04. The molecule has 1 atom stereocenters. The van der Waals surface area contributed by atoms with Crippen molar-refractivity contribution in [1.29, 1.82) is 0 Å². The van der Waals surface area contributed by atoms with Crippen LogP contribution in [0.5, 0.6) is 0 Å². The van der Waals surface area contributed by atoms with Crippen molar-refractivity contribution in [2.24, 2.45) is 0 Å². The lowest BCUT2D eigenvalue weighted by molar-refractivity contribution is 0.0616. The smallest absolute Gasteiger partial charge is 0.0313 e. The van der Waals surface area contributed by atoms with Gasteiger partial charge in [0.1, 0.15) is 0 Å². The minimum absolute atomic E-state index is 0.293. The maximum atomic E-state index is 4.36. The molecule has 1 fully saturated rings. The van der Waals surface area contributed by atoms with E-state index in [4.69, 9.17) is 0 Å². The lowest BCUT2D eigenvalue weighted by atomic mass is 9.87. The molecule has 0 saturated carbocycles. The third-order valence-electron chi connectivity index (χ3n) is 5.03. The number of hydrogen-bond acceptors (Lipinski definition) is 3. The zero-order chi connectivity index (χ0) is 15.3. The maximum absolute atomic E-state index is 4.36. The first-order valence-corrected chi connectivity index (χ1v) is 8.52. The highest BCUT2D eigenvalue weighted by molar-refractivity contribution is 5.17. The van der Waals surface area contributed by atoms with Crippen LogP contribution in [0.1, 0.15) is 57.6 Å². The first-order valence-electron chi connectivity index (χ1n) is 8.52. The number of nitrogens with one attached hydrogen (secondary N) is 1. The van der Waals surface area contributed by atoms with Crippen molar-refractivity contribution in [3.8, 4) is 0 Å². The lowest BCUT2D eigenvalue weighted by Crippen LogP contribution is -2.63. The van der Waals surface area contributed by atoms with Crippen LogP contribution in [-0.2, 0) is 6.54 Å². The summed E-state index contributed by atoms with van der Waals surface area (Å²) in [5.41, 5.74) is 2.90. The quantitative estimate of drug-likeness (QED) is 0.868. The summed E-state index contributed by atoms with van der Waals surface area (Å²) in [7, 11) is 0. The Kier molecular flexibility index (Phi) is 5.77. The summed E-state index contributed by atoms with van der Waals surface area (Å²) >= 11 is 0. The summed E-state index contributed by atoms with van der Waals surface area (Å²) in [6.07, 6.45) is 8.89. The van der Waals surface area contributed by atoms with E-state index in [2.05, 4.69) is 49.0 Å². The molecule has 2 rings (SSSR count). The van der Waals surface area contributed by atoms with Crippen LogP contribution in [0.2, 0.25) is 0 Å². The predicted molar refractivity (Wildman–Crippen MR) is 89.4 cm³/mol. The van der Waals surface area contributed by atoms with E-state index in [1.54, 1.807) is 0 Å². The molecule has 0 aromatic carbocycles. The first-order chi connectivity index (χ1) is 10.1. The molecule has 0 bridgehead atoms. The van der Waals surface area contributed by atoms with Crippen LogP contribution >= 0.6 is 0 Å². The number of aryl methyl sites for hydroxylation is 1. The van der Waals surface area contributed by atoms with Gasteiger partial charge in [0, 0.05) is 43.6 Å². The monoisotopic (exact) mass is 289 g/mol. The number of aromatic nitrogens is 1.